The van der Waals surface area contributed by atoms with Gasteiger partial charge in [-0.2, -0.15) is 9.40 Å². The van der Waals surface area contributed by atoms with Gasteiger partial charge in [-0.05, 0) is 31.2 Å². The molecular formula is C16H21N5O3S. The van der Waals surface area contributed by atoms with Crippen LogP contribution in [0.4, 0.5) is 5.82 Å². The number of hydrogen-bond acceptors (Lipinski definition) is 6. The van der Waals surface area contributed by atoms with Crippen LogP contribution < -0.4 is 10.6 Å². The molecule has 0 unspecified atom stereocenters. The highest BCUT2D eigenvalue weighted by molar-refractivity contribution is 7.89. The average Bonchev–Trinajstić information content (AvgIpc) is 2.61. The zero-order valence-corrected chi connectivity index (χ0v) is 15.0. The van der Waals surface area contributed by atoms with Gasteiger partial charge in [0.15, 0.2) is 0 Å². The first-order valence-corrected chi connectivity index (χ1v) is 9.16. The lowest BCUT2D eigenvalue weighted by molar-refractivity contribution is -0.121. The fraction of sp³-hybridized carbons (Fsp3) is 0.312. The summed E-state index contributed by atoms with van der Waals surface area (Å²) in [4.78, 5) is 12.1. The van der Waals surface area contributed by atoms with Crippen molar-refractivity contribution in [3.8, 4) is 0 Å². The second-order valence-corrected chi connectivity index (χ2v) is 7.46. The topological polar surface area (TPSA) is 104 Å². The number of carbonyl (C=O) groups is 1. The molecule has 0 aliphatic carbocycles. The maximum Gasteiger partial charge on any atom is 0.243 e. The van der Waals surface area contributed by atoms with Crippen LogP contribution in [0, 0.1) is 6.92 Å². The number of benzene rings is 1. The summed E-state index contributed by atoms with van der Waals surface area (Å²) in [7, 11) is -2.30. The van der Waals surface area contributed by atoms with Gasteiger partial charge in [-0.3, -0.25) is 4.79 Å². The monoisotopic (exact) mass is 363 g/mol. The second kappa shape index (κ2) is 8.54. The standard InChI is InChI=1S/C16H21N5O3S/c1-13-8-9-15(20-19-13)17-10-11-18-16(22)12-21(2)25(23,24)14-6-4-3-5-7-14/h3-9H,10-12H2,1-2H3,(H,17,20)(H,18,22). The third kappa shape index (κ3) is 5.50. The molecule has 1 aromatic carbocycles. The Labute approximate surface area is 147 Å². The van der Waals surface area contributed by atoms with Crippen LogP contribution in [0.2, 0.25) is 0 Å². The van der Waals surface area contributed by atoms with Crippen LogP contribution in [0.15, 0.2) is 47.4 Å². The van der Waals surface area contributed by atoms with Crippen LogP contribution in [-0.4, -0.2) is 55.5 Å². The summed E-state index contributed by atoms with van der Waals surface area (Å²) in [6.07, 6.45) is 0. The first kappa shape index (κ1) is 18.8. The molecule has 0 bridgehead atoms. The van der Waals surface area contributed by atoms with Crippen molar-refractivity contribution in [3.63, 3.8) is 0 Å². The molecule has 0 radical (unpaired) electrons. The minimum absolute atomic E-state index is 0.157. The first-order valence-electron chi connectivity index (χ1n) is 7.72. The molecule has 0 spiro atoms. The van der Waals surface area contributed by atoms with E-state index in [1.54, 1.807) is 24.3 Å². The van der Waals surface area contributed by atoms with E-state index in [1.807, 2.05) is 13.0 Å². The fourth-order valence-electron chi connectivity index (χ4n) is 2.00. The van der Waals surface area contributed by atoms with Crippen LogP contribution in [0.1, 0.15) is 5.69 Å². The lowest BCUT2D eigenvalue weighted by Gasteiger charge is -2.17. The van der Waals surface area contributed by atoms with Crippen molar-refractivity contribution in [1.29, 1.82) is 0 Å². The van der Waals surface area contributed by atoms with E-state index < -0.39 is 10.0 Å². The molecule has 0 saturated carbocycles. The largest absolute Gasteiger partial charge is 0.367 e. The number of rotatable bonds is 8. The summed E-state index contributed by atoms with van der Waals surface area (Å²) in [5.74, 6) is 0.238. The normalized spacial score (nSPS) is 11.3. The lowest BCUT2D eigenvalue weighted by atomic mass is 10.4. The van der Waals surface area contributed by atoms with E-state index in [0.717, 1.165) is 10.00 Å². The number of anilines is 1. The predicted molar refractivity (Wildman–Crippen MR) is 94.5 cm³/mol. The van der Waals surface area contributed by atoms with Crippen LogP contribution in [0.3, 0.4) is 0 Å². The maximum absolute atomic E-state index is 12.3. The molecule has 1 aromatic heterocycles. The average molecular weight is 363 g/mol. The Bertz CT molecular complexity index is 794. The summed E-state index contributed by atoms with van der Waals surface area (Å²) in [6, 6.07) is 11.6. The third-order valence-corrected chi connectivity index (χ3v) is 5.19. The smallest absolute Gasteiger partial charge is 0.243 e. The number of aromatic nitrogens is 2. The van der Waals surface area contributed by atoms with Gasteiger partial charge in [-0.15, -0.1) is 5.10 Å². The Balaban J connectivity index is 1.77. The quantitative estimate of drug-likeness (QED) is 0.667. The Morgan fingerprint density at radius 3 is 2.44 bits per heavy atom. The number of aryl methyl sites for hydroxylation is 1. The summed E-state index contributed by atoms with van der Waals surface area (Å²) in [6.45, 7) is 2.39. The van der Waals surface area contributed by atoms with Gasteiger partial charge in [-0.25, -0.2) is 8.42 Å². The number of sulfonamides is 1. The summed E-state index contributed by atoms with van der Waals surface area (Å²) >= 11 is 0. The lowest BCUT2D eigenvalue weighted by Crippen LogP contribution is -2.39. The van der Waals surface area contributed by atoms with Crippen LogP contribution in [0.25, 0.3) is 0 Å². The Morgan fingerprint density at radius 2 is 1.80 bits per heavy atom. The van der Waals surface area contributed by atoms with Crippen molar-refractivity contribution in [2.24, 2.45) is 0 Å². The first-order chi connectivity index (χ1) is 11.9. The van der Waals surface area contributed by atoms with Gasteiger partial charge in [0.2, 0.25) is 15.9 Å². The summed E-state index contributed by atoms with van der Waals surface area (Å²) < 4.78 is 25.7. The Morgan fingerprint density at radius 1 is 1.08 bits per heavy atom. The van der Waals surface area contributed by atoms with Gasteiger partial charge < -0.3 is 10.6 Å². The van der Waals surface area contributed by atoms with Crippen molar-refractivity contribution < 1.29 is 13.2 Å². The molecular weight excluding hydrogens is 342 g/mol. The highest BCUT2D eigenvalue weighted by Gasteiger charge is 2.22. The SMILES string of the molecule is Cc1ccc(NCCNC(=O)CN(C)S(=O)(=O)c2ccccc2)nn1. The molecule has 2 rings (SSSR count). The van der Waals surface area contributed by atoms with Gasteiger partial charge in [0, 0.05) is 20.1 Å². The van der Waals surface area contributed by atoms with E-state index in [2.05, 4.69) is 20.8 Å². The van der Waals surface area contributed by atoms with Gasteiger partial charge in [-0.1, -0.05) is 18.2 Å². The molecule has 0 aliphatic rings. The maximum atomic E-state index is 12.3. The summed E-state index contributed by atoms with van der Waals surface area (Å²) in [5.41, 5.74) is 0.821. The van der Waals surface area contributed by atoms with Gasteiger partial charge >= 0.3 is 0 Å². The molecule has 0 fully saturated rings. The van der Waals surface area contributed by atoms with Crippen molar-refractivity contribution in [3.05, 3.63) is 48.2 Å². The highest BCUT2D eigenvalue weighted by atomic mass is 32.2. The summed E-state index contributed by atoms with van der Waals surface area (Å²) in [5, 5.41) is 13.5. The van der Waals surface area contributed by atoms with Crippen LogP contribution in [0.5, 0.6) is 0 Å². The Hall–Kier alpha value is -2.52. The minimum Gasteiger partial charge on any atom is -0.367 e. The number of nitrogens with zero attached hydrogens (tertiary/aromatic N) is 3. The van der Waals surface area contributed by atoms with Crippen molar-refractivity contribution in [1.82, 2.24) is 19.8 Å². The van der Waals surface area contributed by atoms with E-state index in [-0.39, 0.29) is 17.3 Å². The molecule has 1 heterocycles. The van der Waals surface area contributed by atoms with E-state index in [1.165, 1.54) is 19.2 Å². The molecule has 0 atom stereocenters. The van der Waals surface area contributed by atoms with Gasteiger partial charge in [0.1, 0.15) is 5.82 Å². The minimum atomic E-state index is -3.67. The number of likely N-dealkylation sites (N-methyl/N-ethyl adjacent to an activating group) is 1. The van der Waals surface area contributed by atoms with Crippen LogP contribution in [-0.2, 0) is 14.8 Å². The molecule has 134 valence electrons. The van der Waals surface area contributed by atoms with Crippen molar-refractivity contribution in [2.45, 2.75) is 11.8 Å². The molecule has 1 amide bonds. The number of carbonyl (C=O) groups excluding carboxylic acids is 1. The molecule has 0 saturated heterocycles. The highest BCUT2D eigenvalue weighted by Crippen LogP contribution is 2.12. The Kier molecular flexibility index (Phi) is 6.43. The van der Waals surface area contributed by atoms with Crippen molar-refractivity contribution >= 4 is 21.7 Å². The van der Waals surface area contributed by atoms with E-state index in [4.69, 9.17) is 0 Å². The van der Waals surface area contributed by atoms with Crippen molar-refractivity contribution in [2.75, 3.05) is 32.0 Å². The zero-order valence-electron chi connectivity index (χ0n) is 14.1. The van der Waals surface area contributed by atoms with E-state index in [0.29, 0.717) is 18.9 Å². The van der Waals surface area contributed by atoms with Crippen LogP contribution >= 0.6 is 0 Å². The third-order valence-electron chi connectivity index (χ3n) is 3.37. The van der Waals surface area contributed by atoms with Gasteiger partial charge in [0.25, 0.3) is 0 Å². The van der Waals surface area contributed by atoms with E-state index >= 15 is 0 Å². The zero-order chi connectivity index (χ0) is 18.3. The molecule has 2 aromatic rings. The number of nitrogens with one attached hydrogen (secondary N) is 2. The molecule has 8 nitrogen and oxygen atoms in total. The molecule has 25 heavy (non-hydrogen) atoms. The fourth-order valence-corrected chi connectivity index (χ4v) is 3.15. The number of amides is 1. The number of hydrogen-bond donors (Lipinski definition) is 2. The second-order valence-electron chi connectivity index (χ2n) is 5.41. The van der Waals surface area contributed by atoms with E-state index in [9.17, 15) is 13.2 Å². The molecule has 0 aliphatic heterocycles. The molecule has 9 heteroatoms. The predicted octanol–water partition coefficient (Wildman–Crippen LogP) is 0.634. The molecule has 2 N–H and O–H groups in total. The van der Waals surface area contributed by atoms with Gasteiger partial charge in [0.05, 0.1) is 17.1 Å².